The van der Waals surface area contributed by atoms with E-state index in [9.17, 15) is 29.7 Å². The van der Waals surface area contributed by atoms with E-state index in [1.165, 1.54) is 14.0 Å². The van der Waals surface area contributed by atoms with Crippen LogP contribution in [-0.2, 0) is 30.3 Å². The monoisotopic (exact) mass is 660 g/mol. The fourth-order valence-electron chi connectivity index (χ4n) is 8.26. The Kier molecular flexibility index (Phi) is 13.3. The van der Waals surface area contributed by atoms with Gasteiger partial charge in [0.05, 0.1) is 13.2 Å². The lowest BCUT2D eigenvalue weighted by atomic mass is 9.67. The van der Waals surface area contributed by atoms with Gasteiger partial charge < -0.3 is 40.2 Å². The van der Waals surface area contributed by atoms with Crippen LogP contribution >= 0.6 is 0 Å². The molecule has 3 fully saturated rings. The van der Waals surface area contributed by atoms with Crippen molar-refractivity contribution in [2.24, 2.45) is 17.3 Å². The molecule has 2 saturated heterocycles. The molecule has 11 heteroatoms. The van der Waals surface area contributed by atoms with Gasteiger partial charge in [0.1, 0.15) is 17.7 Å². The van der Waals surface area contributed by atoms with E-state index in [1.807, 2.05) is 12.1 Å². The molecule has 264 valence electrons. The summed E-state index contributed by atoms with van der Waals surface area (Å²) in [6.45, 7) is 4.48. The highest BCUT2D eigenvalue weighted by Crippen LogP contribution is 2.46. The predicted molar refractivity (Wildman–Crippen MR) is 176 cm³/mol. The van der Waals surface area contributed by atoms with Gasteiger partial charge in [-0.15, -0.1) is 0 Å². The van der Waals surface area contributed by atoms with Crippen LogP contribution in [0.1, 0.15) is 103 Å². The molecule has 1 aromatic rings. The Balaban J connectivity index is 1.77. The van der Waals surface area contributed by atoms with Gasteiger partial charge in [0, 0.05) is 31.8 Å². The number of methoxy groups -OCH3 is 1. The molecule has 47 heavy (non-hydrogen) atoms. The van der Waals surface area contributed by atoms with Crippen LogP contribution in [-0.4, -0.2) is 83.8 Å². The number of esters is 2. The Morgan fingerprint density at radius 1 is 1.06 bits per heavy atom. The van der Waals surface area contributed by atoms with E-state index in [0.29, 0.717) is 83.0 Å². The number of carbonyl (C=O) groups excluding carboxylic acids is 3. The first kappa shape index (κ1) is 36.9. The zero-order valence-electron chi connectivity index (χ0n) is 28.4. The summed E-state index contributed by atoms with van der Waals surface area (Å²) >= 11 is 0. The molecule has 6 atom stereocenters. The van der Waals surface area contributed by atoms with Crippen LogP contribution in [0, 0.1) is 17.3 Å². The van der Waals surface area contributed by atoms with Crippen LogP contribution in [0.5, 0.6) is 11.5 Å². The molecular formula is C36H56N2O9. The molecule has 11 nitrogen and oxygen atoms in total. The van der Waals surface area contributed by atoms with E-state index in [1.54, 1.807) is 13.0 Å². The van der Waals surface area contributed by atoms with Crippen molar-refractivity contribution in [1.29, 1.82) is 0 Å². The fourth-order valence-corrected chi connectivity index (χ4v) is 8.26. The smallest absolute Gasteiger partial charge is 0.332 e. The number of carbonyl (C=O) groups is 3. The molecule has 1 amide bonds. The minimum Gasteiger partial charge on any atom is -0.504 e. The second-order valence-electron chi connectivity index (χ2n) is 14.1. The second-order valence-corrected chi connectivity index (χ2v) is 14.1. The molecule has 2 heterocycles. The summed E-state index contributed by atoms with van der Waals surface area (Å²) in [7, 11) is 1.51. The first-order valence-electron chi connectivity index (χ1n) is 17.6. The topological polar surface area (TPSA) is 164 Å². The number of hydrogen-bond donors (Lipinski definition) is 5. The van der Waals surface area contributed by atoms with Crippen LogP contribution in [0.15, 0.2) is 18.2 Å². The van der Waals surface area contributed by atoms with E-state index in [0.717, 1.165) is 24.8 Å². The highest BCUT2D eigenvalue weighted by molar-refractivity contribution is 5.90. The molecule has 0 spiro atoms. The minimum absolute atomic E-state index is 0.0000400. The molecule has 2 aliphatic heterocycles. The maximum atomic E-state index is 14.6. The van der Waals surface area contributed by atoms with Crippen molar-refractivity contribution < 1.29 is 43.9 Å². The minimum atomic E-state index is -1.08. The third-order valence-electron chi connectivity index (χ3n) is 10.8. The van der Waals surface area contributed by atoms with Crippen molar-refractivity contribution in [2.75, 3.05) is 26.8 Å². The standard InChI is InChI=1S/C36H56N2O9/c1-24(40)9-11-27(7-6-20-39)30(46-25(2)41)22-32(47-34(44)36-15-5-4-8-28(36)12-14-33(43)38-36)35(16-18-37-19-17-35)23-26-10-13-29(42)31(21-26)45-3/h10,13,21,24,27-28,30,32,37,39-40,42H,4-9,11-12,14-20,22-23H2,1-3H3,(H,38,43). The van der Waals surface area contributed by atoms with Gasteiger partial charge in [0.15, 0.2) is 11.5 Å². The zero-order chi connectivity index (χ0) is 34.0. The van der Waals surface area contributed by atoms with Crippen molar-refractivity contribution in [2.45, 2.75) is 128 Å². The number of ether oxygens (including phenoxy) is 3. The molecular weight excluding hydrogens is 604 g/mol. The number of nitrogens with one attached hydrogen (secondary N) is 2. The van der Waals surface area contributed by atoms with Gasteiger partial charge in [-0.3, -0.25) is 9.59 Å². The number of piperidine rings is 2. The van der Waals surface area contributed by atoms with Crippen molar-refractivity contribution in [3.8, 4) is 11.5 Å². The third-order valence-corrected chi connectivity index (χ3v) is 10.8. The Morgan fingerprint density at radius 2 is 1.83 bits per heavy atom. The predicted octanol–water partition coefficient (Wildman–Crippen LogP) is 3.94. The summed E-state index contributed by atoms with van der Waals surface area (Å²) in [6.07, 6.45) is 6.65. The van der Waals surface area contributed by atoms with Gasteiger partial charge in [0.2, 0.25) is 5.91 Å². The lowest BCUT2D eigenvalue weighted by Gasteiger charge is -2.49. The summed E-state index contributed by atoms with van der Waals surface area (Å²) in [4.78, 5) is 39.9. The first-order chi connectivity index (χ1) is 22.5. The Labute approximate surface area is 279 Å². The number of hydrogen-bond acceptors (Lipinski definition) is 10. The number of aliphatic hydroxyl groups is 2. The van der Waals surface area contributed by atoms with Crippen molar-refractivity contribution in [3.05, 3.63) is 23.8 Å². The average Bonchev–Trinajstić information content (AvgIpc) is 3.05. The van der Waals surface area contributed by atoms with E-state index in [4.69, 9.17) is 14.2 Å². The number of phenolic OH excluding ortho intramolecular Hbond substituents is 1. The van der Waals surface area contributed by atoms with Gasteiger partial charge in [-0.2, -0.15) is 0 Å². The maximum Gasteiger partial charge on any atom is 0.332 e. The van der Waals surface area contributed by atoms with Crippen LogP contribution in [0.3, 0.4) is 0 Å². The fraction of sp³-hybridized carbons (Fsp3) is 0.750. The number of aromatic hydroxyl groups is 1. The summed E-state index contributed by atoms with van der Waals surface area (Å²) in [5, 5.41) is 36.7. The van der Waals surface area contributed by atoms with Crippen LogP contribution in [0.4, 0.5) is 0 Å². The molecule has 3 aliphatic rings. The molecule has 5 N–H and O–H groups in total. The average molecular weight is 661 g/mol. The number of amides is 1. The van der Waals surface area contributed by atoms with Crippen LogP contribution in [0.25, 0.3) is 0 Å². The zero-order valence-corrected chi connectivity index (χ0v) is 28.4. The van der Waals surface area contributed by atoms with Crippen LogP contribution in [0.2, 0.25) is 0 Å². The van der Waals surface area contributed by atoms with Crippen molar-refractivity contribution >= 4 is 17.8 Å². The van der Waals surface area contributed by atoms with Gasteiger partial charge in [-0.1, -0.05) is 18.9 Å². The summed E-state index contributed by atoms with van der Waals surface area (Å²) in [6, 6.07) is 5.27. The molecule has 6 unspecified atom stereocenters. The van der Waals surface area contributed by atoms with E-state index in [-0.39, 0.29) is 36.5 Å². The number of fused-ring (bicyclic) bond motifs is 1. The molecule has 0 bridgehead atoms. The number of phenols is 1. The first-order valence-corrected chi connectivity index (χ1v) is 17.6. The van der Waals surface area contributed by atoms with Gasteiger partial charge >= 0.3 is 11.9 Å². The van der Waals surface area contributed by atoms with E-state index >= 15 is 0 Å². The van der Waals surface area contributed by atoms with Crippen molar-refractivity contribution in [1.82, 2.24) is 10.6 Å². The molecule has 4 rings (SSSR count). The van der Waals surface area contributed by atoms with Gasteiger partial charge in [-0.05, 0) is 114 Å². The summed E-state index contributed by atoms with van der Waals surface area (Å²) in [5.74, 6) is -0.783. The van der Waals surface area contributed by atoms with E-state index < -0.39 is 41.2 Å². The SMILES string of the molecule is COc1cc(CC2(C(CC(OC(C)=O)C(CCCO)CCC(C)O)OC(=O)C34CCCCC3CCC(=O)N4)CCNCC2)ccc1O. The van der Waals surface area contributed by atoms with Crippen molar-refractivity contribution in [3.63, 3.8) is 0 Å². The summed E-state index contributed by atoms with van der Waals surface area (Å²) < 4.78 is 18.2. The lowest BCUT2D eigenvalue weighted by molar-refractivity contribution is -0.179. The molecule has 1 aliphatic carbocycles. The number of rotatable bonds is 16. The molecule has 1 saturated carbocycles. The molecule has 0 aromatic heterocycles. The number of aliphatic hydroxyl groups excluding tert-OH is 2. The molecule has 0 radical (unpaired) electrons. The highest BCUT2D eigenvalue weighted by Gasteiger charge is 2.54. The highest BCUT2D eigenvalue weighted by atomic mass is 16.6. The molecule has 1 aromatic carbocycles. The second kappa shape index (κ2) is 17.0. The Hall–Kier alpha value is -2.89. The van der Waals surface area contributed by atoms with Crippen LogP contribution < -0.4 is 15.4 Å². The van der Waals surface area contributed by atoms with Gasteiger partial charge in [0.25, 0.3) is 0 Å². The third kappa shape index (κ3) is 9.38. The lowest BCUT2D eigenvalue weighted by Crippen LogP contribution is -2.65. The largest absolute Gasteiger partial charge is 0.504 e. The van der Waals surface area contributed by atoms with Gasteiger partial charge in [-0.25, -0.2) is 4.79 Å². The number of benzene rings is 1. The normalized spacial score (nSPS) is 25.0. The van der Waals surface area contributed by atoms with E-state index in [2.05, 4.69) is 10.6 Å². The quantitative estimate of drug-likeness (QED) is 0.164. The Bertz CT molecular complexity index is 1200. The Morgan fingerprint density at radius 3 is 2.51 bits per heavy atom. The maximum absolute atomic E-state index is 14.6. The summed E-state index contributed by atoms with van der Waals surface area (Å²) in [5.41, 5.74) is -0.731.